The molecule has 0 aliphatic heterocycles. The van der Waals surface area contributed by atoms with Gasteiger partial charge in [0.2, 0.25) is 11.0 Å². The average Bonchev–Trinajstić information content (AvgIpc) is 3.13. The normalized spacial score (nSPS) is 19.8. The highest BCUT2D eigenvalue weighted by Crippen LogP contribution is 2.40. The van der Waals surface area contributed by atoms with E-state index in [1.54, 1.807) is 12.1 Å². The van der Waals surface area contributed by atoms with E-state index in [-0.39, 0.29) is 12.8 Å². The molecule has 0 unspecified atom stereocenters. The number of benzene rings is 1. The summed E-state index contributed by atoms with van der Waals surface area (Å²) < 4.78 is 39.4. The smallest absolute Gasteiger partial charge is 0.300 e. The first-order chi connectivity index (χ1) is 13.3. The lowest BCUT2D eigenvalue weighted by molar-refractivity contribution is -0.185. The molecule has 0 spiro atoms. The van der Waals surface area contributed by atoms with Crippen LogP contribution in [0.2, 0.25) is 0 Å². The summed E-state index contributed by atoms with van der Waals surface area (Å²) in [6.07, 6.45) is -3.49. The molecule has 0 bridgehead atoms. The molecule has 5 nitrogen and oxygen atoms in total. The van der Waals surface area contributed by atoms with Crippen molar-refractivity contribution in [3.05, 3.63) is 35.4 Å². The summed E-state index contributed by atoms with van der Waals surface area (Å²) in [5, 5.41) is 19.6. The molecule has 1 aromatic heterocycles. The lowest BCUT2D eigenvalue weighted by Crippen LogP contribution is -2.34. The van der Waals surface area contributed by atoms with E-state index < -0.39 is 23.9 Å². The molecular formula is C18H17F3N4OS2. The Hall–Kier alpha value is -2.12. The second-order valence-electron chi connectivity index (χ2n) is 6.56. The third-order valence-electron chi connectivity index (χ3n) is 4.59. The standard InChI is InChI=1S/C18H17F3N4OS2/c19-18(20,21)14-3-1-2-13(8-14)15(26)23-16-24-25-17(28-16)27-10-12-6-4-11(9-22)5-7-12/h4-7,13-14H,1-3,8,10H2,(H,23,24,26)/t13-,14+/m0/s1. The van der Waals surface area contributed by atoms with Gasteiger partial charge in [0, 0.05) is 11.7 Å². The molecule has 1 amide bonds. The van der Waals surface area contributed by atoms with Gasteiger partial charge in [-0.05, 0) is 37.0 Å². The molecule has 2 aromatic rings. The molecule has 3 rings (SSSR count). The van der Waals surface area contributed by atoms with E-state index in [4.69, 9.17) is 5.26 Å². The molecule has 1 aromatic carbocycles. The summed E-state index contributed by atoms with van der Waals surface area (Å²) in [4.78, 5) is 12.3. The van der Waals surface area contributed by atoms with E-state index in [2.05, 4.69) is 21.6 Å². The van der Waals surface area contributed by atoms with E-state index >= 15 is 0 Å². The number of carbonyl (C=O) groups excluding carboxylic acids is 1. The van der Waals surface area contributed by atoms with Gasteiger partial charge in [-0.1, -0.05) is 41.7 Å². The molecular weight excluding hydrogens is 409 g/mol. The fourth-order valence-electron chi connectivity index (χ4n) is 3.07. The maximum Gasteiger partial charge on any atom is 0.391 e. The monoisotopic (exact) mass is 426 g/mol. The first-order valence-corrected chi connectivity index (χ1v) is 10.5. The van der Waals surface area contributed by atoms with Crippen LogP contribution in [0.1, 0.15) is 36.8 Å². The zero-order valence-corrected chi connectivity index (χ0v) is 16.3. The van der Waals surface area contributed by atoms with E-state index in [9.17, 15) is 18.0 Å². The highest BCUT2D eigenvalue weighted by atomic mass is 32.2. The number of hydrogen-bond donors (Lipinski definition) is 1. The summed E-state index contributed by atoms with van der Waals surface area (Å²) in [6, 6.07) is 9.24. The summed E-state index contributed by atoms with van der Waals surface area (Å²) in [5.41, 5.74) is 1.61. The van der Waals surface area contributed by atoms with Crippen molar-refractivity contribution in [2.75, 3.05) is 5.32 Å². The van der Waals surface area contributed by atoms with Crippen LogP contribution >= 0.6 is 23.1 Å². The van der Waals surface area contributed by atoms with Gasteiger partial charge in [0.05, 0.1) is 17.6 Å². The minimum absolute atomic E-state index is 0.0855. The fraction of sp³-hybridized carbons (Fsp3) is 0.444. The summed E-state index contributed by atoms with van der Waals surface area (Å²) in [6.45, 7) is 0. The third-order valence-corrected chi connectivity index (χ3v) is 6.63. The number of anilines is 1. The number of alkyl halides is 3. The predicted octanol–water partition coefficient (Wildman–Crippen LogP) is 5.01. The van der Waals surface area contributed by atoms with Crippen LogP contribution in [0.25, 0.3) is 0 Å². The third kappa shape index (κ3) is 5.45. The number of nitrogens with zero attached hydrogens (tertiary/aromatic N) is 3. The second kappa shape index (κ2) is 8.92. The molecule has 148 valence electrons. The first-order valence-electron chi connectivity index (χ1n) is 8.68. The summed E-state index contributed by atoms with van der Waals surface area (Å²) in [5.74, 6) is -1.86. The Morgan fingerprint density at radius 3 is 2.71 bits per heavy atom. The minimum atomic E-state index is -4.25. The highest BCUT2D eigenvalue weighted by Gasteiger charge is 2.43. The van der Waals surface area contributed by atoms with Gasteiger partial charge in [0.15, 0.2) is 4.34 Å². The van der Waals surface area contributed by atoms with Crippen LogP contribution in [0.4, 0.5) is 18.3 Å². The van der Waals surface area contributed by atoms with Crippen LogP contribution in [0, 0.1) is 23.2 Å². The van der Waals surface area contributed by atoms with Crippen LogP contribution in [0.3, 0.4) is 0 Å². The zero-order valence-electron chi connectivity index (χ0n) is 14.7. The Kier molecular flexibility index (Phi) is 6.57. The van der Waals surface area contributed by atoms with Crippen molar-refractivity contribution >= 4 is 34.1 Å². The lowest BCUT2D eigenvalue weighted by Gasteiger charge is -2.29. The number of halogens is 3. The Labute approximate surface area is 168 Å². The van der Waals surface area contributed by atoms with Crippen molar-refractivity contribution in [1.29, 1.82) is 5.26 Å². The number of carbonyl (C=O) groups is 1. The number of thioether (sulfide) groups is 1. The molecule has 1 saturated carbocycles. The Morgan fingerprint density at radius 2 is 2.04 bits per heavy atom. The van der Waals surface area contributed by atoms with Crippen molar-refractivity contribution in [2.24, 2.45) is 11.8 Å². The minimum Gasteiger partial charge on any atom is -0.300 e. The Bertz CT molecular complexity index is 861. The molecule has 2 atom stereocenters. The number of amides is 1. The largest absolute Gasteiger partial charge is 0.391 e. The van der Waals surface area contributed by atoms with Crippen molar-refractivity contribution in [2.45, 2.75) is 42.0 Å². The zero-order chi connectivity index (χ0) is 20.1. The van der Waals surface area contributed by atoms with Gasteiger partial charge in [0.1, 0.15) is 0 Å². The van der Waals surface area contributed by atoms with Gasteiger partial charge >= 0.3 is 6.18 Å². The topological polar surface area (TPSA) is 78.7 Å². The maximum atomic E-state index is 12.9. The van der Waals surface area contributed by atoms with Crippen LogP contribution in [0.5, 0.6) is 0 Å². The van der Waals surface area contributed by atoms with Gasteiger partial charge in [-0.25, -0.2) is 0 Å². The van der Waals surface area contributed by atoms with Gasteiger partial charge in [0.25, 0.3) is 0 Å². The summed E-state index contributed by atoms with van der Waals surface area (Å²) in [7, 11) is 0. The number of nitriles is 1. The van der Waals surface area contributed by atoms with E-state index in [0.717, 1.165) is 5.56 Å². The number of hydrogen-bond acceptors (Lipinski definition) is 6. The van der Waals surface area contributed by atoms with Crippen molar-refractivity contribution in [3.63, 3.8) is 0 Å². The molecule has 0 saturated heterocycles. The van der Waals surface area contributed by atoms with Crippen molar-refractivity contribution in [1.82, 2.24) is 10.2 Å². The Balaban J connectivity index is 1.52. The van der Waals surface area contributed by atoms with Crippen LogP contribution in [-0.2, 0) is 10.5 Å². The average molecular weight is 426 g/mol. The molecule has 28 heavy (non-hydrogen) atoms. The van der Waals surface area contributed by atoms with E-state index in [1.807, 2.05) is 12.1 Å². The SMILES string of the molecule is N#Cc1ccc(CSc2nnc(NC(=O)[C@H]3CCC[C@@H](C(F)(F)F)C3)s2)cc1. The molecule has 1 fully saturated rings. The maximum absolute atomic E-state index is 12.9. The second-order valence-corrected chi connectivity index (χ2v) is 8.76. The van der Waals surface area contributed by atoms with Crippen molar-refractivity contribution in [3.8, 4) is 6.07 Å². The fourth-order valence-corrected chi connectivity index (χ4v) is 4.78. The predicted molar refractivity (Wildman–Crippen MR) is 101 cm³/mol. The molecule has 0 radical (unpaired) electrons. The van der Waals surface area contributed by atoms with Crippen LogP contribution < -0.4 is 5.32 Å². The lowest BCUT2D eigenvalue weighted by atomic mass is 9.80. The molecule has 1 aliphatic carbocycles. The van der Waals surface area contributed by atoms with Crippen molar-refractivity contribution < 1.29 is 18.0 Å². The van der Waals surface area contributed by atoms with E-state index in [0.29, 0.717) is 33.6 Å². The first kappa shape index (κ1) is 20.6. The number of rotatable bonds is 5. The molecule has 1 heterocycles. The van der Waals surface area contributed by atoms with Gasteiger partial charge in [-0.15, -0.1) is 10.2 Å². The van der Waals surface area contributed by atoms with Crippen LogP contribution in [0.15, 0.2) is 28.6 Å². The highest BCUT2D eigenvalue weighted by molar-refractivity contribution is 8.00. The van der Waals surface area contributed by atoms with Gasteiger partial charge < -0.3 is 5.32 Å². The quantitative estimate of drug-likeness (QED) is 0.537. The van der Waals surface area contributed by atoms with Gasteiger partial charge in [-0.3, -0.25) is 4.79 Å². The number of nitrogens with one attached hydrogen (secondary N) is 1. The van der Waals surface area contributed by atoms with Gasteiger partial charge in [-0.2, -0.15) is 18.4 Å². The molecule has 10 heteroatoms. The van der Waals surface area contributed by atoms with Crippen LogP contribution in [-0.4, -0.2) is 22.3 Å². The molecule has 1 N–H and O–H groups in total. The van der Waals surface area contributed by atoms with E-state index in [1.165, 1.54) is 23.1 Å². The summed E-state index contributed by atoms with van der Waals surface area (Å²) >= 11 is 2.63. The molecule has 1 aliphatic rings. The number of aromatic nitrogens is 2. The Morgan fingerprint density at radius 1 is 1.29 bits per heavy atom.